The number of nitrogens with one attached hydrogen (secondary N) is 1. The minimum Gasteiger partial charge on any atom is -0.493 e. The quantitative estimate of drug-likeness (QED) is 0.485. The third-order valence-corrected chi connectivity index (χ3v) is 6.27. The molecule has 4 rings (SSSR count). The van der Waals surface area contributed by atoms with E-state index >= 15 is 0 Å². The predicted molar refractivity (Wildman–Crippen MR) is 134 cm³/mol. The maximum Gasteiger partial charge on any atom is 0.322 e. The Morgan fingerprint density at radius 3 is 2.44 bits per heavy atom. The van der Waals surface area contributed by atoms with Gasteiger partial charge in [0.2, 0.25) is 0 Å². The third-order valence-electron chi connectivity index (χ3n) is 6.27. The number of benzene rings is 3. The standard InChI is InChI=1S/C28H32N2O4/c1-5-20-9-11-23(12-10-20)34-18-25-24-17-27(33-4)26(32-3)16-21(24)13-14-30(25)28(31)29-22-8-6-7-19(2)15-22/h6-12,15-17,25H,5,13-14,18H2,1-4H3,(H,29,31)/t25-/m0/s1. The van der Waals surface area contributed by atoms with Gasteiger partial charge in [-0.1, -0.05) is 31.2 Å². The third kappa shape index (κ3) is 5.11. The van der Waals surface area contributed by atoms with E-state index in [0.717, 1.165) is 41.0 Å². The lowest BCUT2D eigenvalue weighted by Crippen LogP contribution is -2.44. The van der Waals surface area contributed by atoms with E-state index in [1.165, 1.54) is 5.56 Å². The number of aryl methyl sites for hydroxylation is 2. The van der Waals surface area contributed by atoms with E-state index in [0.29, 0.717) is 24.7 Å². The van der Waals surface area contributed by atoms with Crippen molar-refractivity contribution in [1.29, 1.82) is 0 Å². The normalized spacial score (nSPS) is 14.8. The Hall–Kier alpha value is -3.67. The Bertz CT molecular complexity index is 1140. The number of fused-ring (bicyclic) bond motifs is 1. The second-order valence-electron chi connectivity index (χ2n) is 8.47. The highest BCUT2D eigenvalue weighted by atomic mass is 16.5. The maximum atomic E-state index is 13.4. The van der Waals surface area contributed by atoms with E-state index in [1.807, 2.05) is 60.4 Å². The van der Waals surface area contributed by atoms with Crippen molar-refractivity contribution in [1.82, 2.24) is 4.90 Å². The summed E-state index contributed by atoms with van der Waals surface area (Å²) in [4.78, 5) is 15.2. The molecule has 0 aromatic heterocycles. The molecule has 0 radical (unpaired) electrons. The second kappa shape index (κ2) is 10.5. The minimum atomic E-state index is -0.279. The van der Waals surface area contributed by atoms with E-state index in [4.69, 9.17) is 14.2 Å². The van der Waals surface area contributed by atoms with Crippen LogP contribution in [0.3, 0.4) is 0 Å². The zero-order valence-corrected chi connectivity index (χ0v) is 20.3. The van der Waals surface area contributed by atoms with Gasteiger partial charge in [-0.2, -0.15) is 0 Å². The average molecular weight is 461 g/mol. The number of nitrogens with zero attached hydrogens (tertiary/aromatic N) is 1. The van der Waals surface area contributed by atoms with Crippen LogP contribution in [0.5, 0.6) is 17.2 Å². The lowest BCUT2D eigenvalue weighted by atomic mass is 9.92. The van der Waals surface area contributed by atoms with E-state index in [1.54, 1.807) is 14.2 Å². The zero-order valence-electron chi connectivity index (χ0n) is 20.3. The summed E-state index contributed by atoms with van der Waals surface area (Å²) in [5.41, 5.74) is 5.26. The number of urea groups is 1. The molecule has 178 valence electrons. The Morgan fingerprint density at radius 2 is 1.76 bits per heavy atom. The molecule has 1 heterocycles. The molecular weight excluding hydrogens is 428 g/mol. The predicted octanol–water partition coefficient (Wildman–Crippen LogP) is 5.78. The van der Waals surface area contributed by atoms with Crippen molar-refractivity contribution < 1.29 is 19.0 Å². The lowest BCUT2D eigenvalue weighted by molar-refractivity contribution is 0.144. The molecule has 1 aliphatic rings. The van der Waals surface area contributed by atoms with Gasteiger partial charge in [0.25, 0.3) is 0 Å². The Morgan fingerprint density at radius 1 is 1.03 bits per heavy atom. The zero-order chi connectivity index (χ0) is 24.1. The van der Waals surface area contributed by atoms with E-state index in [-0.39, 0.29) is 12.1 Å². The van der Waals surface area contributed by atoms with Crippen molar-refractivity contribution in [3.63, 3.8) is 0 Å². The number of methoxy groups -OCH3 is 2. The van der Waals surface area contributed by atoms with Gasteiger partial charge in [-0.15, -0.1) is 0 Å². The Labute approximate surface area is 201 Å². The van der Waals surface area contributed by atoms with Crippen LogP contribution < -0.4 is 19.5 Å². The monoisotopic (exact) mass is 460 g/mol. The first-order valence-electron chi connectivity index (χ1n) is 11.6. The number of anilines is 1. The molecule has 2 amide bonds. The maximum absolute atomic E-state index is 13.4. The summed E-state index contributed by atoms with van der Waals surface area (Å²) >= 11 is 0. The number of ether oxygens (including phenoxy) is 3. The molecule has 0 spiro atoms. The van der Waals surface area contributed by atoms with Crippen molar-refractivity contribution in [2.45, 2.75) is 32.7 Å². The number of amides is 2. The summed E-state index contributed by atoms with van der Waals surface area (Å²) < 4.78 is 17.3. The largest absolute Gasteiger partial charge is 0.493 e. The number of carbonyl (C=O) groups is 1. The fraction of sp³-hybridized carbons (Fsp3) is 0.321. The molecule has 0 saturated heterocycles. The van der Waals surface area contributed by atoms with Crippen LogP contribution in [0.15, 0.2) is 60.7 Å². The molecule has 0 saturated carbocycles. The summed E-state index contributed by atoms with van der Waals surface area (Å²) in [6.45, 7) is 5.03. The molecule has 1 N–H and O–H groups in total. The van der Waals surface area contributed by atoms with Gasteiger partial charge in [0.05, 0.1) is 20.3 Å². The molecule has 3 aromatic carbocycles. The van der Waals surface area contributed by atoms with Crippen molar-refractivity contribution in [3.05, 3.63) is 82.9 Å². The average Bonchev–Trinajstić information content (AvgIpc) is 2.86. The van der Waals surface area contributed by atoms with Crippen LogP contribution in [0, 0.1) is 6.92 Å². The van der Waals surface area contributed by atoms with Crippen LogP contribution in [0.1, 0.15) is 35.2 Å². The second-order valence-corrected chi connectivity index (χ2v) is 8.47. The van der Waals surface area contributed by atoms with Gasteiger partial charge >= 0.3 is 6.03 Å². The molecule has 6 heteroatoms. The topological polar surface area (TPSA) is 60.0 Å². The van der Waals surface area contributed by atoms with Crippen LogP contribution in [0.25, 0.3) is 0 Å². The summed E-state index contributed by atoms with van der Waals surface area (Å²) in [7, 11) is 3.26. The summed E-state index contributed by atoms with van der Waals surface area (Å²) in [6, 6.07) is 19.5. The van der Waals surface area contributed by atoms with Crippen molar-refractivity contribution in [2.75, 3.05) is 32.7 Å². The number of rotatable bonds is 7. The molecule has 1 atom stereocenters. The van der Waals surface area contributed by atoms with Gasteiger partial charge in [0.15, 0.2) is 11.5 Å². The number of hydrogen-bond donors (Lipinski definition) is 1. The van der Waals surface area contributed by atoms with Crippen molar-refractivity contribution >= 4 is 11.7 Å². The molecule has 34 heavy (non-hydrogen) atoms. The molecular formula is C28H32N2O4. The van der Waals surface area contributed by atoms with E-state index in [9.17, 15) is 4.79 Å². The highest BCUT2D eigenvalue weighted by Crippen LogP contribution is 2.38. The van der Waals surface area contributed by atoms with Crippen molar-refractivity contribution in [3.8, 4) is 17.2 Å². The molecule has 0 unspecified atom stereocenters. The molecule has 0 bridgehead atoms. The summed E-state index contributed by atoms with van der Waals surface area (Å²) in [6.07, 6.45) is 1.70. The van der Waals surface area contributed by atoms with Crippen LogP contribution in [-0.2, 0) is 12.8 Å². The lowest BCUT2D eigenvalue weighted by Gasteiger charge is -2.37. The first-order chi connectivity index (χ1) is 16.5. The highest BCUT2D eigenvalue weighted by Gasteiger charge is 2.33. The fourth-order valence-electron chi connectivity index (χ4n) is 4.37. The highest BCUT2D eigenvalue weighted by molar-refractivity contribution is 5.90. The Kier molecular flexibility index (Phi) is 7.26. The van der Waals surface area contributed by atoms with Gasteiger partial charge < -0.3 is 24.4 Å². The van der Waals surface area contributed by atoms with Gasteiger partial charge in [-0.3, -0.25) is 0 Å². The molecule has 3 aromatic rings. The summed E-state index contributed by atoms with van der Waals surface area (Å²) in [5.74, 6) is 2.11. The van der Waals surface area contributed by atoms with Gasteiger partial charge in [0.1, 0.15) is 12.4 Å². The molecule has 0 aliphatic carbocycles. The molecule has 1 aliphatic heterocycles. The first kappa shape index (κ1) is 23.5. The van der Waals surface area contributed by atoms with Crippen LogP contribution in [-0.4, -0.2) is 38.3 Å². The number of carbonyl (C=O) groups excluding carboxylic acids is 1. The smallest absolute Gasteiger partial charge is 0.322 e. The van der Waals surface area contributed by atoms with Gasteiger partial charge in [-0.25, -0.2) is 4.79 Å². The van der Waals surface area contributed by atoms with Crippen molar-refractivity contribution in [2.24, 2.45) is 0 Å². The van der Waals surface area contributed by atoms with Crippen LogP contribution in [0.4, 0.5) is 10.5 Å². The Balaban J connectivity index is 1.63. The van der Waals surface area contributed by atoms with E-state index in [2.05, 4.69) is 24.4 Å². The number of hydrogen-bond acceptors (Lipinski definition) is 4. The van der Waals surface area contributed by atoms with Gasteiger partial charge in [0, 0.05) is 12.2 Å². The van der Waals surface area contributed by atoms with Gasteiger partial charge in [-0.05, 0) is 78.4 Å². The fourth-order valence-corrected chi connectivity index (χ4v) is 4.37. The first-order valence-corrected chi connectivity index (χ1v) is 11.6. The summed E-state index contributed by atoms with van der Waals surface area (Å²) in [5, 5.41) is 3.05. The SMILES string of the molecule is CCc1ccc(OC[C@H]2c3cc(OC)c(OC)cc3CCN2C(=O)Nc2cccc(C)c2)cc1. The van der Waals surface area contributed by atoms with Crippen LogP contribution in [0.2, 0.25) is 0 Å². The minimum absolute atomic E-state index is 0.152. The molecule has 0 fully saturated rings. The molecule has 6 nitrogen and oxygen atoms in total. The van der Waals surface area contributed by atoms with Crippen LogP contribution >= 0.6 is 0 Å². The van der Waals surface area contributed by atoms with E-state index < -0.39 is 0 Å².